The van der Waals surface area contributed by atoms with Crippen LogP contribution in [0, 0.1) is 13.7 Å². The van der Waals surface area contributed by atoms with Gasteiger partial charge in [0, 0.05) is 30.9 Å². The molecule has 0 amide bonds. The van der Waals surface area contributed by atoms with Crippen LogP contribution in [0.4, 0.5) is 11.4 Å². The summed E-state index contributed by atoms with van der Waals surface area (Å²) in [6, 6.07) is 7.15. The first-order valence-electron chi connectivity index (χ1n) is 4.97. The molecule has 0 bridgehead atoms. The van der Waals surface area contributed by atoms with Gasteiger partial charge in [-0.15, -0.1) is 11.3 Å². The zero-order valence-corrected chi connectivity index (χ0v) is 13.6. The van der Waals surface area contributed by atoms with Crippen LogP contribution in [-0.4, -0.2) is 4.92 Å². The standard InChI is InChI=1S/C11H8BrIN2O2S/c12-7-3-9(18-6-7)5-14-10-2-1-8(13)4-11(10)15(16)17/h1-4,6,14H,5H2. The molecule has 18 heavy (non-hydrogen) atoms. The molecule has 1 aromatic heterocycles. The van der Waals surface area contributed by atoms with Gasteiger partial charge in [-0.3, -0.25) is 10.1 Å². The number of anilines is 1. The molecule has 0 aliphatic heterocycles. The minimum Gasteiger partial charge on any atom is -0.375 e. The van der Waals surface area contributed by atoms with Gasteiger partial charge < -0.3 is 5.32 Å². The van der Waals surface area contributed by atoms with Crippen molar-refractivity contribution in [2.45, 2.75) is 6.54 Å². The van der Waals surface area contributed by atoms with E-state index in [1.54, 1.807) is 23.5 Å². The number of hydrogen-bond acceptors (Lipinski definition) is 4. The van der Waals surface area contributed by atoms with Crippen LogP contribution in [-0.2, 0) is 6.54 Å². The summed E-state index contributed by atoms with van der Waals surface area (Å²) in [6.07, 6.45) is 0. The molecule has 0 saturated heterocycles. The Morgan fingerprint density at radius 3 is 2.83 bits per heavy atom. The normalized spacial score (nSPS) is 10.3. The second-order valence-electron chi connectivity index (χ2n) is 3.50. The Bertz CT molecular complexity index is 588. The van der Waals surface area contributed by atoms with Gasteiger partial charge in [0.05, 0.1) is 4.92 Å². The summed E-state index contributed by atoms with van der Waals surface area (Å²) >= 11 is 7.05. The second kappa shape index (κ2) is 5.98. The Labute approximate surface area is 130 Å². The molecule has 0 aliphatic rings. The Morgan fingerprint density at radius 1 is 1.44 bits per heavy atom. The van der Waals surface area contributed by atoms with E-state index in [0.717, 1.165) is 12.9 Å². The molecule has 7 heteroatoms. The number of benzene rings is 1. The summed E-state index contributed by atoms with van der Waals surface area (Å²) in [6.45, 7) is 0.581. The molecule has 2 rings (SSSR count). The first-order chi connectivity index (χ1) is 8.56. The van der Waals surface area contributed by atoms with Crippen molar-refractivity contribution in [1.82, 2.24) is 0 Å². The predicted octanol–water partition coefficient (Wildman–Crippen LogP) is 4.64. The van der Waals surface area contributed by atoms with Gasteiger partial charge in [-0.2, -0.15) is 0 Å². The molecule has 0 saturated carbocycles. The molecule has 0 atom stereocenters. The average Bonchev–Trinajstić information content (AvgIpc) is 2.73. The average molecular weight is 439 g/mol. The number of nitro benzene ring substituents is 1. The Morgan fingerprint density at radius 2 is 2.22 bits per heavy atom. The van der Waals surface area contributed by atoms with E-state index in [1.807, 2.05) is 17.5 Å². The third kappa shape index (κ3) is 3.42. The SMILES string of the molecule is O=[N+]([O-])c1cc(I)ccc1NCc1cc(Br)cs1. The molecule has 2 aromatic rings. The summed E-state index contributed by atoms with van der Waals surface area (Å²) < 4.78 is 1.88. The van der Waals surface area contributed by atoms with Crippen LogP contribution in [0.15, 0.2) is 34.1 Å². The van der Waals surface area contributed by atoms with E-state index in [0.29, 0.717) is 12.2 Å². The van der Waals surface area contributed by atoms with Crippen LogP contribution in [0.25, 0.3) is 0 Å². The van der Waals surface area contributed by atoms with Crippen molar-refractivity contribution in [1.29, 1.82) is 0 Å². The highest BCUT2D eigenvalue weighted by Crippen LogP contribution is 2.28. The molecular formula is C11H8BrIN2O2S. The van der Waals surface area contributed by atoms with E-state index in [-0.39, 0.29) is 10.6 Å². The van der Waals surface area contributed by atoms with Crippen molar-refractivity contribution in [2.75, 3.05) is 5.32 Å². The largest absolute Gasteiger partial charge is 0.375 e. The fourth-order valence-electron chi connectivity index (χ4n) is 1.43. The number of nitrogens with one attached hydrogen (secondary N) is 1. The highest BCUT2D eigenvalue weighted by Gasteiger charge is 2.13. The predicted molar refractivity (Wildman–Crippen MR) is 85.2 cm³/mol. The van der Waals surface area contributed by atoms with E-state index in [4.69, 9.17) is 0 Å². The van der Waals surface area contributed by atoms with Crippen LogP contribution in [0.3, 0.4) is 0 Å². The number of hydrogen-bond donors (Lipinski definition) is 1. The number of nitro groups is 1. The Balaban J connectivity index is 2.16. The van der Waals surface area contributed by atoms with Gasteiger partial charge in [-0.1, -0.05) is 0 Å². The van der Waals surface area contributed by atoms with Crippen LogP contribution in [0.1, 0.15) is 4.88 Å². The molecule has 94 valence electrons. The molecule has 0 unspecified atom stereocenters. The molecule has 0 radical (unpaired) electrons. The van der Waals surface area contributed by atoms with Gasteiger partial charge in [-0.05, 0) is 56.7 Å². The molecule has 0 aliphatic carbocycles. The van der Waals surface area contributed by atoms with E-state index in [1.165, 1.54) is 0 Å². The summed E-state index contributed by atoms with van der Waals surface area (Å²) in [5, 5.41) is 16.0. The van der Waals surface area contributed by atoms with Crippen LogP contribution in [0.5, 0.6) is 0 Å². The monoisotopic (exact) mass is 438 g/mol. The van der Waals surface area contributed by atoms with Crippen LogP contribution < -0.4 is 5.32 Å². The summed E-state index contributed by atoms with van der Waals surface area (Å²) in [7, 11) is 0. The van der Waals surface area contributed by atoms with Gasteiger partial charge in [0.2, 0.25) is 0 Å². The highest BCUT2D eigenvalue weighted by molar-refractivity contribution is 14.1. The molecule has 1 aromatic carbocycles. The lowest BCUT2D eigenvalue weighted by Crippen LogP contribution is -2.01. The lowest BCUT2D eigenvalue weighted by molar-refractivity contribution is -0.384. The molecule has 1 N–H and O–H groups in total. The van der Waals surface area contributed by atoms with Crippen molar-refractivity contribution in [2.24, 2.45) is 0 Å². The zero-order valence-electron chi connectivity index (χ0n) is 9.02. The van der Waals surface area contributed by atoms with E-state index >= 15 is 0 Å². The molecule has 0 spiro atoms. The molecule has 4 nitrogen and oxygen atoms in total. The van der Waals surface area contributed by atoms with Crippen molar-refractivity contribution < 1.29 is 4.92 Å². The van der Waals surface area contributed by atoms with Crippen molar-refractivity contribution in [3.63, 3.8) is 0 Å². The minimum absolute atomic E-state index is 0.109. The maximum atomic E-state index is 10.9. The number of thiophene rings is 1. The number of rotatable bonds is 4. The fourth-order valence-corrected chi connectivity index (χ4v) is 3.30. The zero-order chi connectivity index (χ0) is 13.1. The van der Waals surface area contributed by atoms with Gasteiger partial charge >= 0.3 is 0 Å². The summed E-state index contributed by atoms with van der Waals surface area (Å²) in [4.78, 5) is 11.7. The molecule has 1 heterocycles. The lowest BCUT2D eigenvalue weighted by atomic mass is 10.2. The third-order valence-electron chi connectivity index (χ3n) is 2.23. The quantitative estimate of drug-likeness (QED) is 0.430. The smallest absolute Gasteiger partial charge is 0.293 e. The van der Waals surface area contributed by atoms with Gasteiger partial charge in [-0.25, -0.2) is 0 Å². The fraction of sp³-hybridized carbons (Fsp3) is 0.0909. The van der Waals surface area contributed by atoms with E-state index < -0.39 is 0 Å². The maximum Gasteiger partial charge on any atom is 0.293 e. The highest BCUT2D eigenvalue weighted by atomic mass is 127. The lowest BCUT2D eigenvalue weighted by Gasteiger charge is -2.06. The molecule has 0 fully saturated rings. The first kappa shape index (κ1) is 13.8. The van der Waals surface area contributed by atoms with Crippen molar-refractivity contribution in [3.05, 3.63) is 52.7 Å². The third-order valence-corrected chi connectivity index (χ3v) is 4.60. The van der Waals surface area contributed by atoms with Crippen LogP contribution >= 0.6 is 49.9 Å². The number of halogens is 2. The Hall–Kier alpha value is -0.670. The van der Waals surface area contributed by atoms with Gasteiger partial charge in [0.15, 0.2) is 0 Å². The topological polar surface area (TPSA) is 55.2 Å². The van der Waals surface area contributed by atoms with Crippen molar-refractivity contribution >= 4 is 61.2 Å². The van der Waals surface area contributed by atoms with Gasteiger partial charge in [0.1, 0.15) is 5.69 Å². The van der Waals surface area contributed by atoms with Crippen LogP contribution in [0.2, 0.25) is 0 Å². The first-order valence-corrected chi connectivity index (χ1v) is 7.72. The second-order valence-corrected chi connectivity index (χ2v) is 6.66. The maximum absolute atomic E-state index is 10.9. The van der Waals surface area contributed by atoms with Crippen molar-refractivity contribution in [3.8, 4) is 0 Å². The summed E-state index contributed by atoms with van der Waals surface area (Å²) in [5.74, 6) is 0. The Kier molecular flexibility index (Phi) is 4.57. The number of nitrogens with zero attached hydrogens (tertiary/aromatic N) is 1. The van der Waals surface area contributed by atoms with Gasteiger partial charge in [0.25, 0.3) is 5.69 Å². The summed E-state index contributed by atoms with van der Waals surface area (Å²) in [5.41, 5.74) is 0.655. The molecular weight excluding hydrogens is 431 g/mol. The van der Waals surface area contributed by atoms with E-state index in [9.17, 15) is 10.1 Å². The van der Waals surface area contributed by atoms with E-state index in [2.05, 4.69) is 43.8 Å². The minimum atomic E-state index is -0.366.